The van der Waals surface area contributed by atoms with Crippen LogP contribution in [-0.2, 0) is 30.5 Å². The van der Waals surface area contributed by atoms with Crippen LogP contribution in [-0.4, -0.2) is 5.78 Å². The number of unbranched alkanes of at least 4 members (excludes halogenated alkanes) is 2. The lowest BCUT2D eigenvalue weighted by Crippen LogP contribution is -2.04. The quantitative estimate of drug-likeness (QED) is 0.532. The van der Waals surface area contributed by atoms with Crippen molar-refractivity contribution >= 4 is 28.5 Å². The van der Waals surface area contributed by atoms with Gasteiger partial charge in [0, 0.05) is 22.6 Å². The number of hydrogen-bond donors (Lipinski definition) is 0. The Balaban J connectivity index is 1.82. The van der Waals surface area contributed by atoms with Crippen molar-refractivity contribution in [1.29, 1.82) is 0 Å². The van der Waals surface area contributed by atoms with Crippen molar-refractivity contribution in [3.63, 3.8) is 0 Å². The summed E-state index contributed by atoms with van der Waals surface area (Å²) in [6, 6.07) is 4.44. The normalized spacial score (nSPS) is 11.0. The lowest BCUT2D eigenvalue weighted by atomic mass is 10.1. The fourth-order valence-electron chi connectivity index (χ4n) is 2.51. The van der Waals surface area contributed by atoms with Gasteiger partial charge >= 0.3 is 0 Å². The number of carbonyl (C=O) groups is 1. The van der Waals surface area contributed by atoms with Crippen LogP contribution < -0.4 is 0 Å². The molecule has 0 aliphatic carbocycles. The Morgan fingerprint density at radius 1 is 0.864 bits per heavy atom. The van der Waals surface area contributed by atoms with Crippen molar-refractivity contribution in [3.8, 4) is 0 Å². The molecule has 1 nitrogen and oxygen atoms in total. The lowest BCUT2D eigenvalue weighted by Gasteiger charge is -1.97. The molecule has 0 N–H and O–H groups in total. The van der Waals surface area contributed by atoms with Crippen molar-refractivity contribution in [1.82, 2.24) is 0 Å². The Morgan fingerprint density at radius 2 is 1.32 bits per heavy atom. The molecule has 2 aromatic rings. The average Bonchev–Trinajstić information content (AvgIpc) is 3.12. The highest BCUT2D eigenvalue weighted by Crippen LogP contribution is 2.21. The molecule has 0 spiro atoms. The van der Waals surface area contributed by atoms with E-state index in [1.54, 1.807) is 22.7 Å². The smallest absolute Gasteiger partial charge is 0.143 e. The molecule has 0 aromatic carbocycles. The SMILES string of the molecule is CCCCc1csc(CC(=O)Cc2cc(CCCC)cs2)c1. The van der Waals surface area contributed by atoms with Gasteiger partial charge in [-0.05, 0) is 59.7 Å². The van der Waals surface area contributed by atoms with Crippen molar-refractivity contribution in [2.75, 3.05) is 0 Å². The molecule has 0 atom stereocenters. The summed E-state index contributed by atoms with van der Waals surface area (Å²) in [5.41, 5.74) is 2.79. The van der Waals surface area contributed by atoms with Crippen LogP contribution in [0.2, 0.25) is 0 Å². The first-order chi connectivity index (χ1) is 10.7. The molecule has 3 heteroatoms. The van der Waals surface area contributed by atoms with Crippen molar-refractivity contribution < 1.29 is 4.79 Å². The Bertz CT molecular complexity index is 530. The van der Waals surface area contributed by atoms with Gasteiger partial charge in [-0.1, -0.05) is 26.7 Å². The van der Waals surface area contributed by atoms with Crippen LogP contribution in [0.4, 0.5) is 0 Å². The summed E-state index contributed by atoms with van der Waals surface area (Å²) >= 11 is 3.48. The summed E-state index contributed by atoms with van der Waals surface area (Å²) in [4.78, 5) is 14.7. The molecule has 2 heterocycles. The van der Waals surface area contributed by atoms with Crippen molar-refractivity contribution in [2.45, 2.75) is 65.2 Å². The number of ketones is 1. The monoisotopic (exact) mass is 334 g/mol. The van der Waals surface area contributed by atoms with E-state index in [1.165, 1.54) is 46.6 Å². The van der Waals surface area contributed by atoms with Crippen molar-refractivity contribution in [2.24, 2.45) is 0 Å². The maximum Gasteiger partial charge on any atom is 0.143 e. The lowest BCUT2D eigenvalue weighted by molar-refractivity contribution is -0.117. The third-order valence-corrected chi connectivity index (χ3v) is 5.77. The minimum atomic E-state index is 0.341. The summed E-state index contributed by atoms with van der Waals surface area (Å²) in [6.45, 7) is 4.43. The molecule has 0 bridgehead atoms. The number of hydrogen-bond acceptors (Lipinski definition) is 3. The summed E-state index contributed by atoms with van der Waals surface area (Å²) in [7, 11) is 0. The second-order valence-corrected chi connectivity index (χ2v) is 7.93. The van der Waals surface area contributed by atoms with E-state index in [0.717, 1.165) is 12.8 Å². The highest BCUT2D eigenvalue weighted by Gasteiger charge is 2.09. The van der Waals surface area contributed by atoms with Gasteiger partial charge < -0.3 is 0 Å². The van der Waals surface area contributed by atoms with E-state index < -0.39 is 0 Å². The molecule has 0 amide bonds. The van der Waals surface area contributed by atoms with Crippen LogP contribution in [0.3, 0.4) is 0 Å². The van der Waals surface area contributed by atoms with E-state index in [1.807, 2.05) is 0 Å². The first-order valence-corrected chi connectivity index (χ1v) is 10.1. The fourth-order valence-corrected chi connectivity index (χ4v) is 4.42. The number of Topliss-reactive ketones (excluding diaryl/α,β-unsaturated/α-hetero) is 1. The van der Waals surface area contributed by atoms with Crippen LogP contribution in [0.15, 0.2) is 22.9 Å². The predicted octanol–water partition coefficient (Wildman–Crippen LogP) is 5.85. The zero-order valence-corrected chi connectivity index (χ0v) is 15.3. The van der Waals surface area contributed by atoms with Gasteiger partial charge in [0.15, 0.2) is 0 Å². The van der Waals surface area contributed by atoms with Gasteiger partial charge in [-0.25, -0.2) is 0 Å². The van der Waals surface area contributed by atoms with Gasteiger partial charge in [-0.3, -0.25) is 4.79 Å². The first-order valence-electron chi connectivity index (χ1n) is 8.35. The minimum absolute atomic E-state index is 0.341. The fraction of sp³-hybridized carbons (Fsp3) is 0.526. The molecule has 2 aromatic heterocycles. The second kappa shape index (κ2) is 9.26. The number of rotatable bonds is 10. The van der Waals surface area contributed by atoms with Gasteiger partial charge in [0.2, 0.25) is 0 Å². The van der Waals surface area contributed by atoms with Crippen LogP contribution >= 0.6 is 22.7 Å². The van der Waals surface area contributed by atoms with Gasteiger partial charge in [-0.2, -0.15) is 0 Å². The third-order valence-electron chi connectivity index (χ3n) is 3.80. The summed E-state index contributed by atoms with van der Waals surface area (Å²) in [6.07, 6.45) is 8.41. The van der Waals surface area contributed by atoms with Gasteiger partial charge in [0.25, 0.3) is 0 Å². The summed E-state index contributed by atoms with van der Waals surface area (Å²) in [5.74, 6) is 0.341. The summed E-state index contributed by atoms with van der Waals surface area (Å²) < 4.78 is 0. The van der Waals surface area contributed by atoms with Gasteiger partial charge in [0.05, 0.1) is 0 Å². The Labute approximate surface area is 142 Å². The van der Waals surface area contributed by atoms with Crippen LogP contribution in [0.25, 0.3) is 0 Å². The van der Waals surface area contributed by atoms with E-state index in [4.69, 9.17) is 0 Å². The highest BCUT2D eigenvalue weighted by molar-refractivity contribution is 7.10. The molecule has 0 saturated heterocycles. The van der Waals surface area contributed by atoms with E-state index in [-0.39, 0.29) is 0 Å². The molecule has 0 aliphatic heterocycles. The molecule has 0 unspecified atom stereocenters. The van der Waals surface area contributed by atoms with Crippen LogP contribution in [0, 0.1) is 0 Å². The van der Waals surface area contributed by atoms with E-state index in [9.17, 15) is 4.79 Å². The summed E-state index contributed by atoms with van der Waals surface area (Å²) in [5, 5.41) is 4.43. The zero-order valence-electron chi connectivity index (χ0n) is 13.7. The molecule has 0 saturated carbocycles. The maximum atomic E-state index is 12.2. The molecule has 0 fully saturated rings. The topological polar surface area (TPSA) is 17.1 Å². The molecular weight excluding hydrogens is 308 g/mol. The van der Waals surface area contributed by atoms with E-state index in [2.05, 4.69) is 36.7 Å². The first kappa shape index (κ1) is 17.4. The minimum Gasteiger partial charge on any atom is -0.299 e. The van der Waals surface area contributed by atoms with Crippen LogP contribution in [0.5, 0.6) is 0 Å². The van der Waals surface area contributed by atoms with Gasteiger partial charge in [-0.15, -0.1) is 22.7 Å². The number of aryl methyl sites for hydroxylation is 2. The largest absolute Gasteiger partial charge is 0.299 e. The Kier molecular flexibility index (Phi) is 7.34. The second-order valence-electron chi connectivity index (χ2n) is 5.94. The van der Waals surface area contributed by atoms with E-state index >= 15 is 0 Å². The Morgan fingerprint density at radius 3 is 1.73 bits per heavy atom. The maximum absolute atomic E-state index is 12.2. The molecular formula is C19H26OS2. The molecule has 2 rings (SSSR count). The molecule has 22 heavy (non-hydrogen) atoms. The van der Waals surface area contributed by atoms with E-state index in [0.29, 0.717) is 18.6 Å². The standard InChI is InChI=1S/C19H26OS2/c1-3-5-7-15-9-18(21-13-15)11-17(20)12-19-10-16(14-22-19)8-6-4-2/h9-10,13-14H,3-8,11-12H2,1-2H3. The number of thiophene rings is 2. The number of carbonyl (C=O) groups excluding carboxylic acids is 1. The van der Waals surface area contributed by atoms with Crippen molar-refractivity contribution in [3.05, 3.63) is 43.8 Å². The third kappa shape index (κ3) is 5.69. The molecule has 0 aliphatic rings. The Hall–Kier alpha value is -0.930. The average molecular weight is 335 g/mol. The molecule has 120 valence electrons. The van der Waals surface area contributed by atoms with Gasteiger partial charge in [0.1, 0.15) is 5.78 Å². The predicted molar refractivity (Wildman–Crippen MR) is 98.3 cm³/mol. The highest BCUT2D eigenvalue weighted by atomic mass is 32.1. The van der Waals surface area contributed by atoms with Crippen LogP contribution in [0.1, 0.15) is 60.4 Å². The molecule has 0 radical (unpaired) electrons. The zero-order chi connectivity index (χ0) is 15.8.